The van der Waals surface area contributed by atoms with Gasteiger partial charge in [0.2, 0.25) is 17.7 Å². The summed E-state index contributed by atoms with van der Waals surface area (Å²) in [5, 5.41) is 16.5. The summed E-state index contributed by atoms with van der Waals surface area (Å²) < 4.78 is 11.2. The summed E-state index contributed by atoms with van der Waals surface area (Å²) in [6, 6.07) is 11.2. The fraction of sp³-hybridized carbons (Fsp3) is 0.348. The predicted molar refractivity (Wildman–Crippen MR) is 112 cm³/mol. The minimum absolute atomic E-state index is 0.352. The molecule has 9 nitrogen and oxygen atoms in total. The highest BCUT2D eigenvalue weighted by Crippen LogP contribution is 2.54. The number of anilines is 2. The summed E-state index contributed by atoms with van der Waals surface area (Å²) in [6.07, 6.45) is -0.959. The number of hydrogen-bond acceptors (Lipinski definition) is 7. The van der Waals surface area contributed by atoms with Gasteiger partial charge in [-0.3, -0.25) is 19.7 Å². The van der Waals surface area contributed by atoms with Gasteiger partial charge in [-0.15, -0.1) is 0 Å². The molecule has 4 aliphatic heterocycles. The largest absolute Gasteiger partial charge is 0.486 e. The molecule has 4 aliphatic rings. The second-order valence-electron chi connectivity index (χ2n) is 8.56. The number of benzene rings is 2. The number of nitrogens with one attached hydrogen (secondary N) is 2. The summed E-state index contributed by atoms with van der Waals surface area (Å²) in [5.41, 5.74) is 0.115. The Kier molecular flexibility index (Phi) is 3.94. The number of rotatable bonds is 2. The van der Waals surface area contributed by atoms with Gasteiger partial charge in [-0.05, 0) is 25.1 Å². The van der Waals surface area contributed by atoms with Crippen LogP contribution in [0.4, 0.5) is 11.4 Å². The van der Waals surface area contributed by atoms with E-state index < -0.39 is 47.2 Å². The molecule has 0 radical (unpaired) electrons. The van der Waals surface area contributed by atoms with E-state index in [9.17, 15) is 19.5 Å². The Hall–Kier alpha value is -3.43. The van der Waals surface area contributed by atoms with Crippen LogP contribution in [0.2, 0.25) is 0 Å². The molecule has 5 atom stereocenters. The number of para-hydroxylation sites is 1. The van der Waals surface area contributed by atoms with Gasteiger partial charge in [0.1, 0.15) is 18.8 Å². The Labute approximate surface area is 183 Å². The van der Waals surface area contributed by atoms with Gasteiger partial charge in [0.15, 0.2) is 11.5 Å². The summed E-state index contributed by atoms with van der Waals surface area (Å²) in [5.74, 6) is -2.23. The van der Waals surface area contributed by atoms with Crippen molar-refractivity contribution in [3.8, 4) is 11.5 Å². The van der Waals surface area contributed by atoms with E-state index in [1.165, 1.54) is 0 Å². The van der Waals surface area contributed by atoms with Crippen LogP contribution in [0.15, 0.2) is 42.5 Å². The number of ether oxygens (including phenoxy) is 2. The van der Waals surface area contributed by atoms with Gasteiger partial charge in [0.25, 0.3) is 0 Å². The van der Waals surface area contributed by atoms with Crippen molar-refractivity contribution in [3.63, 3.8) is 0 Å². The van der Waals surface area contributed by atoms with Crippen LogP contribution in [0.25, 0.3) is 0 Å². The van der Waals surface area contributed by atoms with Crippen molar-refractivity contribution in [2.75, 3.05) is 23.4 Å². The smallest absolute Gasteiger partial charge is 0.250 e. The average Bonchev–Trinajstić information content (AvgIpc) is 3.38. The van der Waals surface area contributed by atoms with E-state index in [0.29, 0.717) is 41.7 Å². The lowest BCUT2D eigenvalue weighted by atomic mass is 9.76. The minimum atomic E-state index is -1.43. The zero-order valence-corrected chi connectivity index (χ0v) is 17.2. The summed E-state index contributed by atoms with van der Waals surface area (Å²) in [7, 11) is 0. The number of carbonyl (C=O) groups excluding carboxylic acids is 3. The second kappa shape index (κ2) is 6.54. The molecule has 0 saturated carbocycles. The molecule has 6 rings (SSSR count). The van der Waals surface area contributed by atoms with Crippen molar-refractivity contribution in [2.24, 2.45) is 11.8 Å². The van der Waals surface area contributed by atoms with Crippen molar-refractivity contribution < 1.29 is 29.0 Å². The third-order valence-corrected chi connectivity index (χ3v) is 6.86. The molecule has 4 heterocycles. The highest BCUT2D eigenvalue weighted by atomic mass is 16.6. The van der Waals surface area contributed by atoms with Gasteiger partial charge in [0, 0.05) is 23.4 Å². The van der Waals surface area contributed by atoms with E-state index in [1.807, 2.05) is 0 Å². The highest BCUT2D eigenvalue weighted by molar-refractivity contribution is 6.26. The standard InChI is InChI=1S/C23H21N3O6/c1-11(27)19-17-18(23(25-19)13-4-2-3-5-14(13)24-22(23)30)21(29)26(20(17)28)12-6-7-15-16(10-12)32-9-8-31-15/h2-7,10-11,17-19,25,27H,8-9H2,1H3,(H,24,30). The molecule has 0 bridgehead atoms. The molecule has 2 fully saturated rings. The quantitative estimate of drug-likeness (QED) is 0.597. The first kappa shape index (κ1) is 19.3. The maximum atomic E-state index is 13.8. The van der Waals surface area contributed by atoms with Gasteiger partial charge >= 0.3 is 0 Å². The SMILES string of the molecule is CC(O)C1NC2(C(=O)Nc3ccccc32)C2C(=O)N(c3ccc4c(c3)OCCO4)C(=O)C12. The van der Waals surface area contributed by atoms with Crippen molar-refractivity contribution in [1.29, 1.82) is 0 Å². The maximum absolute atomic E-state index is 13.8. The normalized spacial score (nSPS) is 31.0. The Morgan fingerprint density at radius 1 is 1.06 bits per heavy atom. The number of imide groups is 1. The number of nitrogens with zero attached hydrogens (tertiary/aromatic N) is 1. The van der Waals surface area contributed by atoms with E-state index in [0.717, 1.165) is 4.90 Å². The maximum Gasteiger partial charge on any atom is 0.250 e. The number of aliphatic hydroxyl groups excluding tert-OH is 1. The van der Waals surface area contributed by atoms with Crippen LogP contribution in [-0.2, 0) is 19.9 Å². The molecule has 0 aromatic heterocycles. The molecule has 9 heteroatoms. The predicted octanol–water partition coefficient (Wildman–Crippen LogP) is 0.764. The zero-order valence-electron chi connectivity index (χ0n) is 17.2. The summed E-state index contributed by atoms with van der Waals surface area (Å²) >= 11 is 0. The van der Waals surface area contributed by atoms with E-state index in [4.69, 9.17) is 9.47 Å². The number of carbonyl (C=O) groups is 3. The summed E-state index contributed by atoms with van der Waals surface area (Å²) in [4.78, 5) is 41.8. The van der Waals surface area contributed by atoms with Gasteiger partial charge in [-0.1, -0.05) is 18.2 Å². The number of hydrogen-bond donors (Lipinski definition) is 3. The van der Waals surface area contributed by atoms with Crippen molar-refractivity contribution in [3.05, 3.63) is 48.0 Å². The van der Waals surface area contributed by atoms with Crippen LogP contribution < -0.4 is 25.0 Å². The minimum Gasteiger partial charge on any atom is -0.486 e. The Bertz CT molecular complexity index is 1180. The molecule has 2 aromatic carbocycles. The molecular formula is C23H21N3O6. The Balaban J connectivity index is 1.49. The van der Waals surface area contributed by atoms with Gasteiger partial charge < -0.3 is 19.9 Å². The van der Waals surface area contributed by atoms with E-state index in [1.54, 1.807) is 49.4 Å². The third kappa shape index (κ3) is 2.32. The number of amides is 3. The lowest BCUT2D eigenvalue weighted by Gasteiger charge is -2.30. The lowest BCUT2D eigenvalue weighted by Crippen LogP contribution is -2.54. The molecule has 1 spiro atoms. The molecule has 0 aliphatic carbocycles. The Morgan fingerprint density at radius 3 is 2.59 bits per heavy atom. The first-order valence-corrected chi connectivity index (χ1v) is 10.6. The van der Waals surface area contributed by atoms with Gasteiger partial charge in [-0.2, -0.15) is 0 Å². The number of aliphatic hydroxyl groups is 1. The second-order valence-corrected chi connectivity index (χ2v) is 8.56. The van der Waals surface area contributed by atoms with Crippen LogP contribution in [0.1, 0.15) is 12.5 Å². The Morgan fingerprint density at radius 2 is 1.81 bits per heavy atom. The fourth-order valence-electron chi connectivity index (χ4n) is 5.53. The van der Waals surface area contributed by atoms with Crippen LogP contribution in [0, 0.1) is 11.8 Å². The van der Waals surface area contributed by atoms with Crippen LogP contribution in [0.5, 0.6) is 11.5 Å². The molecule has 2 aromatic rings. The van der Waals surface area contributed by atoms with E-state index in [2.05, 4.69) is 10.6 Å². The molecule has 5 unspecified atom stereocenters. The monoisotopic (exact) mass is 435 g/mol. The van der Waals surface area contributed by atoms with Gasteiger partial charge in [0.05, 0.1) is 23.6 Å². The summed E-state index contributed by atoms with van der Waals surface area (Å²) in [6.45, 7) is 2.35. The van der Waals surface area contributed by atoms with E-state index in [-0.39, 0.29) is 0 Å². The molecule has 32 heavy (non-hydrogen) atoms. The van der Waals surface area contributed by atoms with Crippen LogP contribution in [-0.4, -0.2) is 48.2 Å². The molecule has 2 saturated heterocycles. The lowest BCUT2D eigenvalue weighted by molar-refractivity contribution is -0.130. The average molecular weight is 435 g/mol. The fourth-order valence-corrected chi connectivity index (χ4v) is 5.53. The van der Waals surface area contributed by atoms with Crippen molar-refractivity contribution >= 4 is 29.1 Å². The molecule has 164 valence electrons. The topological polar surface area (TPSA) is 117 Å². The molecule has 3 amide bonds. The van der Waals surface area contributed by atoms with Crippen LogP contribution in [0.3, 0.4) is 0 Å². The molecule has 3 N–H and O–H groups in total. The van der Waals surface area contributed by atoms with Crippen molar-refractivity contribution in [2.45, 2.75) is 24.6 Å². The van der Waals surface area contributed by atoms with Gasteiger partial charge in [-0.25, -0.2) is 4.90 Å². The first-order valence-electron chi connectivity index (χ1n) is 10.6. The van der Waals surface area contributed by atoms with Crippen LogP contribution >= 0.6 is 0 Å². The number of fused-ring (bicyclic) bond motifs is 5. The first-order chi connectivity index (χ1) is 15.4. The highest BCUT2D eigenvalue weighted by Gasteiger charge is 2.71. The third-order valence-electron chi connectivity index (χ3n) is 6.86. The van der Waals surface area contributed by atoms with Crippen molar-refractivity contribution in [1.82, 2.24) is 5.32 Å². The van der Waals surface area contributed by atoms with E-state index >= 15 is 0 Å². The molecular weight excluding hydrogens is 414 g/mol. The zero-order chi connectivity index (χ0) is 22.2.